The second-order valence-electron chi connectivity index (χ2n) is 24.7. The van der Waals surface area contributed by atoms with Gasteiger partial charge in [-0.1, -0.05) is 58.0 Å². The average Bonchev–Trinajstić information content (AvgIpc) is 1.69. The number of nitrogens with one attached hydrogen (secondary N) is 13. The summed E-state index contributed by atoms with van der Waals surface area (Å²) >= 11 is 0. The predicted octanol–water partition coefficient (Wildman–Crippen LogP) is -6.51. The molecule has 12 atom stereocenters. The van der Waals surface area contributed by atoms with Gasteiger partial charge < -0.3 is 113 Å². The molecular formula is C63H95N19O18. The van der Waals surface area contributed by atoms with Gasteiger partial charge in [0.05, 0.1) is 32.0 Å². The van der Waals surface area contributed by atoms with Crippen LogP contribution in [0.4, 0.5) is 0 Å². The van der Waals surface area contributed by atoms with Crippen LogP contribution in [0.15, 0.2) is 59.7 Å². The number of hydrogen-bond acceptors (Lipinski definition) is 19. The Kier molecular flexibility index (Phi) is 33.9. The third-order valence-corrected chi connectivity index (χ3v) is 15.0. The van der Waals surface area contributed by atoms with E-state index in [0.717, 1.165) is 0 Å². The maximum atomic E-state index is 14.4. The van der Waals surface area contributed by atoms with Crippen LogP contribution in [0.5, 0.6) is 5.75 Å². The molecule has 550 valence electrons. The van der Waals surface area contributed by atoms with Gasteiger partial charge >= 0.3 is 5.97 Å². The van der Waals surface area contributed by atoms with Gasteiger partial charge in [-0.25, -0.2) is 4.79 Å². The number of aliphatic hydroxyl groups excluding tert-OH is 1. The van der Waals surface area contributed by atoms with Crippen LogP contribution >= 0.6 is 0 Å². The molecule has 37 heteroatoms. The fourth-order valence-corrected chi connectivity index (χ4v) is 9.68. The number of aromatic amines is 1. The number of carbonyl (C=O) groups is 15. The molecule has 100 heavy (non-hydrogen) atoms. The Morgan fingerprint density at radius 1 is 0.480 bits per heavy atom. The van der Waals surface area contributed by atoms with Crippen LogP contribution in [0.2, 0.25) is 0 Å². The number of fused-ring (bicyclic) bond motifs is 1. The minimum atomic E-state index is -1.80. The average molecular weight is 1410 g/mol. The maximum absolute atomic E-state index is 14.4. The number of nitrogens with two attached hydrogens (primary N) is 5. The standard InChI is InChI=1S/C63H95N19O18/c1-29(2)20-41(77-51(88)31(5)64)59(96)81-45(25-49(66)86)58(95)73-32(6)52(89)72-33(7)54(91)78-44(24-48(65)85)57(94)74-34(8)53(90)76-40(14-11-19-69-63(67)68)56(93)80-43(23-36-26-70-39-13-10-9-12-38(36)39)55(92)71-27-50(87)75-47(28-83)61(98)79-42(21-30(3)4)60(97)82-46(62(99)100)22-35-15-17-37(84)18-16-35/h9-10,12-13,15-18,26,29-34,40-47,70,83-84H,11,14,19-25,27-28,64H2,1-8H3,(H2,65,85)(H2,66,86)(H,71,92)(H,72,89)(H,73,95)(H,74,94)(H,75,87)(H,76,90)(H,77,88)(H,78,91)(H,79,98)(H,80,93)(H,81,96)(H,82,97)(H,99,100)(H4,67,68,69)/t31-,32-,33-,34-,40-,41-,42-,43-,44-,45-,46-,47-/m0/s1. The molecule has 1 heterocycles. The Balaban J connectivity index is 1.78. The summed E-state index contributed by atoms with van der Waals surface area (Å²) in [4.78, 5) is 206. The van der Waals surface area contributed by atoms with Crippen molar-refractivity contribution in [3.63, 3.8) is 0 Å². The number of hydrogen-bond donors (Lipinski definition) is 21. The number of amides is 14. The summed E-state index contributed by atoms with van der Waals surface area (Å²) in [5, 5.41) is 59.1. The van der Waals surface area contributed by atoms with Gasteiger partial charge in [0.1, 0.15) is 72.2 Å². The van der Waals surface area contributed by atoms with E-state index in [2.05, 4.69) is 73.8 Å². The molecule has 1 aromatic heterocycles. The number of aromatic hydroxyl groups is 1. The summed E-state index contributed by atoms with van der Waals surface area (Å²) in [6.45, 7) is 9.97. The summed E-state index contributed by atoms with van der Waals surface area (Å²) in [5.41, 5.74) is 29.1. The van der Waals surface area contributed by atoms with Crippen LogP contribution in [0.1, 0.15) is 105 Å². The van der Waals surface area contributed by atoms with Crippen molar-refractivity contribution in [3.05, 3.63) is 65.9 Å². The topological polar surface area (TPSA) is 619 Å². The Morgan fingerprint density at radius 3 is 1.40 bits per heavy atom. The highest BCUT2D eigenvalue weighted by Gasteiger charge is 2.36. The first-order chi connectivity index (χ1) is 46.9. The Bertz CT molecular complexity index is 3430. The van der Waals surface area contributed by atoms with E-state index in [1.54, 1.807) is 58.2 Å². The molecule has 0 fully saturated rings. The number of nitrogens with zero attached hydrogens (tertiary/aromatic N) is 1. The van der Waals surface area contributed by atoms with Gasteiger partial charge in [0, 0.05) is 36.5 Å². The van der Waals surface area contributed by atoms with E-state index in [0.29, 0.717) is 22.0 Å². The number of phenols is 1. The van der Waals surface area contributed by atoms with Crippen molar-refractivity contribution in [3.8, 4) is 5.75 Å². The van der Waals surface area contributed by atoms with Gasteiger partial charge in [0.15, 0.2) is 5.96 Å². The first-order valence-electron chi connectivity index (χ1n) is 32.0. The first-order valence-corrected chi connectivity index (χ1v) is 32.0. The number of para-hydroxylation sites is 1. The fraction of sp³-hybridized carbons (Fsp3) is 0.524. The highest BCUT2D eigenvalue weighted by atomic mass is 16.4. The zero-order valence-electron chi connectivity index (χ0n) is 56.9. The lowest BCUT2D eigenvalue weighted by Crippen LogP contribution is -2.60. The first kappa shape index (κ1) is 83.2. The molecule has 37 nitrogen and oxygen atoms in total. The zero-order chi connectivity index (χ0) is 75.2. The number of carbonyl (C=O) groups excluding carboxylic acids is 14. The summed E-state index contributed by atoms with van der Waals surface area (Å²) in [7, 11) is 0. The van der Waals surface area contributed by atoms with Crippen molar-refractivity contribution < 1.29 is 87.2 Å². The third kappa shape index (κ3) is 29.0. The Hall–Kier alpha value is -11.0. The second kappa shape index (κ2) is 40.7. The van der Waals surface area contributed by atoms with Gasteiger partial charge in [0.25, 0.3) is 0 Å². The van der Waals surface area contributed by atoms with E-state index in [4.69, 9.17) is 28.7 Å². The molecular weight excluding hydrogens is 1310 g/mol. The lowest BCUT2D eigenvalue weighted by Gasteiger charge is -2.26. The van der Waals surface area contributed by atoms with Crippen LogP contribution in [0, 0.1) is 11.8 Å². The molecule has 2 aromatic carbocycles. The lowest BCUT2D eigenvalue weighted by atomic mass is 10.0. The number of phenolic OH excluding ortho intramolecular Hbond substituents is 1. The molecule has 26 N–H and O–H groups in total. The smallest absolute Gasteiger partial charge is 0.326 e. The van der Waals surface area contributed by atoms with Crippen LogP contribution in [-0.4, -0.2) is 207 Å². The van der Waals surface area contributed by atoms with Gasteiger partial charge in [-0.3, -0.25) is 72.1 Å². The number of H-pyrrole nitrogens is 1. The van der Waals surface area contributed by atoms with Crippen molar-refractivity contribution in [2.24, 2.45) is 45.5 Å². The van der Waals surface area contributed by atoms with Crippen LogP contribution in [0.3, 0.4) is 0 Å². The lowest BCUT2D eigenvalue weighted by molar-refractivity contribution is -0.142. The largest absolute Gasteiger partial charge is 0.508 e. The van der Waals surface area contributed by atoms with Crippen LogP contribution in [0.25, 0.3) is 10.9 Å². The van der Waals surface area contributed by atoms with Crippen molar-refractivity contribution in [2.75, 3.05) is 19.7 Å². The van der Waals surface area contributed by atoms with Crippen LogP contribution < -0.4 is 92.5 Å². The van der Waals surface area contributed by atoms with E-state index in [1.807, 2.05) is 0 Å². The summed E-state index contributed by atoms with van der Waals surface area (Å²) in [5.74, 6) is -16.0. The van der Waals surface area contributed by atoms with Crippen molar-refractivity contribution >= 4 is 106 Å². The van der Waals surface area contributed by atoms with Gasteiger partial charge in [-0.2, -0.15) is 0 Å². The normalized spacial score (nSPS) is 14.7. The molecule has 3 aromatic rings. The summed E-state index contributed by atoms with van der Waals surface area (Å²) in [6.07, 6.45) is -0.529. The molecule has 0 bridgehead atoms. The molecule has 0 aliphatic rings. The van der Waals surface area contributed by atoms with Crippen molar-refractivity contribution in [1.29, 1.82) is 0 Å². The number of guanidine groups is 1. The molecule has 0 spiro atoms. The number of rotatable bonds is 42. The summed E-state index contributed by atoms with van der Waals surface area (Å²) < 4.78 is 0. The SMILES string of the molecule is CC(C)C[C@H](NC(=O)[C@H](C)N)C(=O)N[C@@H](CC(N)=O)C(=O)N[C@@H](C)C(=O)N[C@@H](C)C(=O)N[C@@H](CC(N)=O)C(=O)N[C@@H](C)C(=O)N[C@@H](CCCN=C(N)N)C(=O)N[C@@H](Cc1c[nH]c2ccccc12)C(=O)NCC(=O)N[C@@H](CO)C(=O)N[C@@H](CC(C)C)C(=O)N[C@@H](Cc1ccc(O)cc1)C(=O)O. The van der Waals surface area contributed by atoms with Crippen molar-refractivity contribution in [2.45, 2.75) is 179 Å². The highest BCUT2D eigenvalue weighted by Crippen LogP contribution is 2.20. The van der Waals surface area contributed by atoms with Crippen molar-refractivity contribution in [1.82, 2.24) is 68.8 Å². The number of benzene rings is 2. The van der Waals surface area contributed by atoms with Gasteiger partial charge in [0.2, 0.25) is 82.7 Å². The third-order valence-electron chi connectivity index (χ3n) is 15.0. The van der Waals surface area contributed by atoms with E-state index in [-0.39, 0.29) is 68.6 Å². The quantitative estimate of drug-likeness (QED) is 0.0142. The van der Waals surface area contributed by atoms with E-state index in [9.17, 15) is 87.2 Å². The monoisotopic (exact) mass is 1410 g/mol. The van der Waals surface area contributed by atoms with Gasteiger partial charge in [-0.15, -0.1) is 0 Å². The molecule has 0 saturated carbocycles. The number of carboxylic acids is 1. The number of aromatic nitrogens is 1. The predicted molar refractivity (Wildman–Crippen MR) is 360 cm³/mol. The molecule has 0 aliphatic carbocycles. The fourth-order valence-electron chi connectivity index (χ4n) is 9.68. The maximum Gasteiger partial charge on any atom is 0.326 e. The number of aliphatic carboxylic acids is 1. The van der Waals surface area contributed by atoms with E-state index in [1.165, 1.54) is 52.0 Å². The molecule has 3 rings (SSSR count). The minimum absolute atomic E-state index is 0.00928. The molecule has 14 amide bonds. The number of aliphatic hydroxyl groups is 1. The second-order valence-corrected chi connectivity index (χ2v) is 24.7. The Labute approximate surface area is 575 Å². The highest BCUT2D eigenvalue weighted by molar-refractivity contribution is 6.01. The molecule has 0 aliphatic heterocycles. The van der Waals surface area contributed by atoms with Gasteiger partial charge in [-0.05, 0) is 94.5 Å². The van der Waals surface area contributed by atoms with Crippen LogP contribution in [-0.2, 0) is 84.8 Å². The van der Waals surface area contributed by atoms with E-state index >= 15 is 0 Å². The molecule has 0 unspecified atom stereocenters. The molecule has 0 saturated heterocycles. The Morgan fingerprint density at radius 2 is 0.910 bits per heavy atom. The minimum Gasteiger partial charge on any atom is -0.508 e. The number of primary amides is 2. The van der Waals surface area contributed by atoms with E-state index < -0.39 is 187 Å². The number of carboxylic acid groups (broad SMARTS) is 1. The number of aliphatic imine (C=N–C) groups is 1. The zero-order valence-corrected chi connectivity index (χ0v) is 56.9. The summed E-state index contributed by atoms with van der Waals surface area (Å²) in [6, 6.07) is -5.21. The molecule has 0 radical (unpaired) electrons.